The second-order valence-corrected chi connectivity index (χ2v) is 10.2. The average molecular weight is 496 g/mol. The molecule has 176 valence electrons. The minimum absolute atomic E-state index is 0.200. The maximum Gasteiger partial charge on any atom is 0.145 e. The molecule has 0 amide bonds. The summed E-state index contributed by atoms with van der Waals surface area (Å²) >= 11 is 13.0. The molecule has 2 fully saturated rings. The summed E-state index contributed by atoms with van der Waals surface area (Å²) in [6, 6.07) is 14.4. The Bertz CT molecular complexity index is 1310. The minimum atomic E-state index is 0.200. The maximum absolute atomic E-state index is 6.49. The monoisotopic (exact) mass is 495 g/mol. The van der Waals surface area contributed by atoms with Gasteiger partial charge in [0, 0.05) is 54.6 Å². The van der Waals surface area contributed by atoms with Crippen LogP contribution in [0.3, 0.4) is 0 Å². The smallest absolute Gasteiger partial charge is 0.145 e. The van der Waals surface area contributed by atoms with Crippen LogP contribution in [0, 0.1) is 0 Å². The lowest BCUT2D eigenvalue weighted by Gasteiger charge is -2.33. The van der Waals surface area contributed by atoms with E-state index in [2.05, 4.69) is 52.1 Å². The van der Waals surface area contributed by atoms with E-state index < -0.39 is 0 Å². The van der Waals surface area contributed by atoms with E-state index in [9.17, 15) is 0 Å². The number of benzene rings is 2. The zero-order valence-corrected chi connectivity index (χ0v) is 20.6. The lowest BCUT2D eigenvalue weighted by atomic mass is 10.0. The van der Waals surface area contributed by atoms with E-state index in [1.807, 2.05) is 18.2 Å². The Morgan fingerprint density at radius 1 is 1.03 bits per heavy atom. The van der Waals surface area contributed by atoms with Crippen molar-refractivity contribution in [3.8, 4) is 11.3 Å². The molecule has 3 heterocycles. The number of rotatable bonds is 6. The van der Waals surface area contributed by atoms with Crippen LogP contribution in [0.1, 0.15) is 42.9 Å². The highest BCUT2D eigenvalue weighted by Crippen LogP contribution is 2.46. The molecule has 2 aromatic carbocycles. The zero-order valence-electron chi connectivity index (χ0n) is 19.1. The van der Waals surface area contributed by atoms with Gasteiger partial charge in [0.15, 0.2) is 0 Å². The van der Waals surface area contributed by atoms with Crippen molar-refractivity contribution in [2.24, 2.45) is 7.05 Å². The molecule has 6 rings (SSSR count). The second kappa shape index (κ2) is 8.95. The van der Waals surface area contributed by atoms with Gasteiger partial charge >= 0.3 is 0 Å². The van der Waals surface area contributed by atoms with Crippen LogP contribution in [0.25, 0.3) is 22.2 Å². The van der Waals surface area contributed by atoms with Crippen LogP contribution in [0.15, 0.2) is 53.2 Å². The SMILES string of the molecule is Cn1ccc2ccc(N3CCC(OCc4c(-c5c(Cl)cccc5Cl)noc4C4CC4)CC3)cc21. The third-order valence-electron chi connectivity index (χ3n) is 7.11. The van der Waals surface area contributed by atoms with Gasteiger partial charge in [-0.05, 0) is 61.4 Å². The minimum Gasteiger partial charge on any atom is -0.373 e. The van der Waals surface area contributed by atoms with Crippen molar-refractivity contribution < 1.29 is 9.26 Å². The van der Waals surface area contributed by atoms with Crippen molar-refractivity contribution in [1.29, 1.82) is 0 Å². The van der Waals surface area contributed by atoms with Gasteiger partial charge in [-0.2, -0.15) is 0 Å². The molecule has 0 N–H and O–H groups in total. The Balaban J connectivity index is 1.16. The molecule has 0 spiro atoms. The Kier molecular flexibility index (Phi) is 5.80. The normalized spacial score (nSPS) is 17.1. The molecule has 0 unspecified atom stereocenters. The molecule has 0 bridgehead atoms. The number of nitrogens with zero attached hydrogens (tertiary/aromatic N) is 3. The molecule has 0 atom stereocenters. The van der Waals surface area contributed by atoms with Crippen molar-refractivity contribution in [3.63, 3.8) is 0 Å². The molecule has 1 aliphatic heterocycles. The van der Waals surface area contributed by atoms with Crippen molar-refractivity contribution in [2.45, 2.75) is 44.3 Å². The molecular formula is C27H27Cl2N3O2. The third kappa shape index (κ3) is 4.10. The molecule has 1 aliphatic carbocycles. The van der Waals surface area contributed by atoms with Crippen LogP contribution in [-0.2, 0) is 18.4 Å². The van der Waals surface area contributed by atoms with Gasteiger partial charge in [-0.15, -0.1) is 0 Å². The number of hydrogen-bond acceptors (Lipinski definition) is 4. The van der Waals surface area contributed by atoms with E-state index in [0.717, 1.165) is 55.7 Å². The summed E-state index contributed by atoms with van der Waals surface area (Å²) in [5.74, 6) is 1.36. The van der Waals surface area contributed by atoms with Crippen LogP contribution < -0.4 is 4.90 Å². The molecule has 7 heteroatoms. The van der Waals surface area contributed by atoms with Gasteiger partial charge < -0.3 is 18.7 Å². The van der Waals surface area contributed by atoms with Crippen LogP contribution in [0.5, 0.6) is 0 Å². The number of anilines is 1. The van der Waals surface area contributed by atoms with E-state index in [4.69, 9.17) is 32.5 Å². The molecule has 4 aromatic rings. The van der Waals surface area contributed by atoms with Crippen LogP contribution in [0.4, 0.5) is 5.69 Å². The Labute approximate surface area is 209 Å². The number of aryl methyl sites for hydroxylation is 1. The number of piperidine rings is 1. The first kappa shape index (κ1) is 22.0. The molecular weight excluding hydrogens is 469 g/mol. The third-order valence-corrected chi connectivity index (χ3v) is 7.74. The fourth-order valence-corrected chi connectivity index (χ4v) is 5.55. The highest BCUT2D eigenvalue weighted by molar-refractivity contribution is 6.39. The molecule has 1 saturated heterocycles. The highest BCUT2D eigenvalue weighted by atomic mass is 35.5. The molecule has 2 aromatic heterocycles. The summed E-state index contributed by atoms with van der Waals surface area (Å²) in [7, 11) is 2.09. The van der Waals surface area contributed by atoms with Gasteiger partial charge in [-0.1, -0.05) is 40.5 Å². The topological polar surface area (TPSA) is 43.4 Å². The Morgan fingerprint density at radius 3 is 2.53 bits per heavy atom. The Hall–Kier alpha value is -2.47. The van der Waals surface area contributed by atoms with Gasteiger partial charge in [0.25, 0.3) is 0 Å². The van der Waals surface area contributed by atoms with E-state index in [1.54, 1.807) is 0 Å². The fraction of sp³-hybridized carbons (Fsp3) is 0.370. The summed E-state index contributed by atoms with van der Waals surface area (Å²) in [6.07, 6.45) is 6.53. The summed E-state index contributed by atoms with van der Waals surface area (Å²) < 4.78 is 14.4. The lowest BCUT2D eigenvalue weighted by molar-refractivity contribution is 0.0246. The highest BCUT2D eigenvalue weighted by Gasteiger charge is 2.34. The molecule has 34 heavy (non-hydrogen) atoms. The second-order valence-electron chi connectivity index (χ2n) is 9.41. The average Bonchev–Trinajstić information content (AvgIpc) is 3.51. The van der Waals surface area contributed by atoms with Gasteiger partial charge in [-0.25, -0.2) is 0 Å². The number of halogens is 2. The van der Waals surface area contributed by atoms with Gasteiger partial charge in [0.05, 0.1) is 22.8 Å². The lowest BCUT2D eigenvalue weighted by Crippen LogP contribution is -2.37. The summed E-state index contributed by atoms with van der Waals surface area (Å²) in [4.78, 5) is 2.45. The molecule has 5 nitrogen and oxygen atoms in total. The van der Waals surface area contributed by atoms with E-state index in [1.165, 1.54) is 16.6 Å². The van der Waals surface area contributed by atoms with Crippen molar-refractivity contribution in [1.82, 2.24) is 9.72 Å². The van der Waals surface area contributed by atoms with E-state index >= 15 is 0 Å². The number of aromatic nitrogens is 2. The van der Waals surface area contributed by atoms with Crippen molar-refractivity contribution in [3.05, 3.63) is 70.0 Å². The van der Waals surface area contributed by atoms with Crippen molar-refractivity contribution in [2.75, 3.05) is 18.0 Å². The van der Waals surface area contributed by atoms with Crippen LogP contribution in [-0.4, -0.2) is 28.9 Å². The predicted molar refractivity (Wildman–Crippen MR) is 137 cm³/mol. The first-order valence-corrected chi connectivity index (χ1v) is 12.7. The quantitative estimate of drug-likeness (QED) is 0.283. The van der Waals surface area contributed by atoms with Gasteiger partial charge in [0.2, 0.25) is 0 Å². The van der Waals surface area contributed by atoms with E-state index in [-0.39, 0.29) is 6.10 Å². The first-order valence-electron chi connectivity index (χ1n) is 11.9. The predicted octanol–water partition coefficient (Wildman–Crippen LogP) is 7.20. The summed E-state index contributed by atoms with van der Waals surface area (Å²) in [6.45, 7) is 2.41. The van der Waals surface area contributed by atoms with Crippen LogP contribution in [0.2, 0.25) is 10.0 Å². The van der Waals surface area contributed by atoms with Gasteiger partial charge in [0.1, 0.15) is 11.5 Å². The maximum atomic E-state index is 6.49. The molecule has 0 radical (unpaired) electrons. The summed E-state index contributed by atoms with van der Waals surface area (Å²) in [5, 5.41) is 6.81. The molecule has 2 aliphatic rings. The van der Waals surface area contributed by atoms with E-state index in [0.29, 0.717) is 28.3 Å². The standard InChI is InChI=1S/C27H27Cl2N3O2/c1-31-12-9-17-7-8-19(15-24(17)31)32-13-10-20(11-14-32)33-16-21-26(30-34-27(21)18-5-6-18)25-22(28)3-2-4-23(25)29/h2-4,7-9,12,15,18,20H,5-6,10-11,13-14,16H2,1H3. The first-order chi connectivity index (χ1) is 16.6. The zero-order chi connectivity index (χ0) is 23.2. The summed E-state index contributed by atoms with van der Waals surface area (Å²) in [5.41, 5.74) is 4.98. The van der Waals surface area contributed by atoms with Crippen molar-refractivity contribution >= 4 is 39.8 Å². The molecule has 1 saturated carbocycles. The Morgan fingerprint density at radius 2 is 1.79 bits per heavy atom. The number of fused-ring (bicyclic) bond motifs is 1. The van der Waals surface area contributed by atoms with Crippen LogP contribution >= 0.6 is 23.2 Å². The van der Waals surface area contributed by atoms with Gasteiger partial charge in [-0.3, -0.25) is 0 Å². The number of hydrogen-bond donors (Lipinski definition) is 0. The fourth-order valence-electron chi connectivity index (χ4n) is 4.98. The largest absolute Gasteiger partial charge is 0.373 e. The number of ether oxygens (including phenoxy) is 1.